The molecule has 61 heavy (non-hydrogen) atoms. The van der Waals surface area contributed by atoms with Crippen molar-refractivity contribution in [3.8, 4) is 33.4 Å². The molecule has 2 aliphatic heterocycles. The maximum atomic E-state index is 2.57. The summed E-state index contributed by atoms with van der Waals surface area (Å²) in [6, 6.07) is 73.7. The van der Waals surface area contributed by atoms with Gasteiger partial charge in [0.05, 0.1) is 5.41 Å². The highest BCUT2D eigenvalue weighted by atomic mass is 15.2. The molecule has 286 valence electrons. The van der Waals surface area contributed by atoms with E-state index in [0.29, 0.717) is 0 Å². The molecule has 9 aromatic carbocycles. The maximum Gasteiger partial charge on any atom is 0.252 e. The van der Waals surface area contributed by atoms with E-state index in [1.54, 1.807) is 0 Å². The number of aryl methyl sites for hydroxylation is 3. The number of rotatable bonds is 3. The van der Waals surface area contributed by atoms with Gasteiger partial charge in [-0.25, -0.2) is 0 Å². The molecule has 1 spiro atoms. The van der Waals surface area contributed by atoms with Gasteiger partial charge in [0, 0.05) is 34.1 Å². The van der Waals surface area contributed by atoms with Crippen molar-refractivity contribution in [1.82, 2.24) is 0 Å². The molecule has 0 radical (unpaired) electrons. The van der Waals surface area contributed by atoms with Gasteiger partial charge in [-0.05, 0) is 158 Å². The van der Waals surface area contributed by atoms with E-state index in [2.05, 4.69) is 225 Å². The van der Waals surface area contributed by atoms with Crippen LogP contribution in [0.1, 0.15) is 38.9 Å². The van der Waals surface area contributed by atoms with Crippen molar-refractivity contribution in [2.75, 3.05) is 9.80 Å². The van der Waals surface area contributed by atoms with E-state index in [9.17, 15) is 0 Å². The van der Waals surface area contributed by atoms with Crippen molar-refractivity contribution in [1.29, 1.82) is 0 Å². The van der Waals surface area contributed by atoms with Gasteiger partial charge in [-0.3, -0.25) is 0 Å². The summed E-state index contributed by atoms with van der Waals surface area (Å²) in [5.41, 5.74) is 27.8. The molecule has 2 aliphatic carbocycles. The molecule has 0 N–H and O–H groups in total. The third kappa shape index (κ3) is 4.64. The van der Waals surface area contributed by atoms with Gasteiger partial charge in [0.2, 0.25) is 0 Å². The van der Waals surface area contributed by atoms with Crippen LogP contribution in [0.2, 0.25) is 0 Å². The minimum Gasteiger partial charge on any atom is -0.311 e. The minimum absolute atomic E-state index is 0.0601. The lowest BCUT2D eigenvalue weighted by Gasteiger charge is -2.44. The summed E-state index contributed by atoms with van der Waals surface area (Å²) in [4.78, 5) is 5.12. The lowest BCUT2D eigenvalue weighted by molar-refractivity contribution is 0.794. The van der Waals surface area contributed by atoms with Crippen LogP contribution in [-0.2, 0) is 5.41 Å². The van der Waals surface area contributed by atoms with Crippen LogP contribution in [0, 0.1) is 20.8 Å². The zero-order valence-electron chi connectivity index (χ0n) is 34.4. The van der Waals surface area contributed by atoms with Gasteiger partial charge in [-0.1, -0.05) is 146 Å². The Kier molecular flexibility index (Phi) is 7.12. The van der Waals surface area contributed by atoms with Crippen LogP contribution in [0.4, 0.5) is 34.1 Å². The number of fused-ring (bicyclic) bond motifs is 14. The zero-order chi connectivity index (χ0) is 40.6. The fourth-order valence-corrected chi connectivity index (χ4v) is 11.7. The Hall–Kier alpha value is -7.36. The molecule has 0 bridgehead atoms. The Morgan fingerprint density at radius 2 is 0.885 bits per heavy atom. The second kappa shape index (κ2) is 12.6. The SMILES string of the molecule is Cc1cc(C)cc(N2c3cc(C)ccc3B3c4ccccc4N(c4ccc5c(c4)-c4ccccc4C54c5ccccc5-c5ccccc54)c4cc(-c5ccccc5)cc2c43)c1. The summed E-state index contributed by atoms with van der Waals surface area (Å²) in [6.45, 7) is 6.71. The first-order valence-electron chi connectivity index (χ1n) is 21.5. The molecule has 4 aliphatic rings. The topological polar surface area (TPSA) is 6.48 Å². The average Bonchev–Trinajstić information content (AvgIpc) is 3.76. The monoisotopic (exact) mass is 776 g/mol. The number of nitrogens with zero attached hydrogens (tertiary/aromatic N) is 2. The quantitative estimate of drug-likeness (QED) is 0.165. The standard InChI is InChI=1S/C58H41BN2/c1-36-25-28-52-54(32-36)61(42-30-37(2)29-38(3)31-42)56-34-40(39-15-5-4-6-16-39)33-55-57(56)59(52)51-23-13-14-24-53(51)60(55)41-26-27-50-46(35-41)45-19-9-12-22-49(45)58(50)47-20-10-7-17-43(47)44-18-8-11-21-48(44)58/h4-35H,1-3H3. The summed E-state index contributed by atoms with van der Waals surface area (Å²) in [7, 11) is 0. The molecule has 13 rings (SSSR count). The van der Waals surface area contributed by atoms with Gasteiger partial charge in [0.15, 0.2) is 0 Å². The fraction of sp³-hybridized carbons (Fsp3) is 0.0690. The molecule has 0 amide bonds. The molecule has 3 heteroatoms. The van der Waals surface area contributed by atoms with Crippen molar-refractivity contribution < 1.29 is 0 Å². The van der Waals surface area contributed by atoms with Crippen molar-refractivity contribution in [3.63, 3.8) is 0 Å². The third-order valence-corrected chi connectivity index (χ3v) is 13.9. The maximum absolute atomic E-state index is 2.57. The van der Waals surface area contributed by atoms with Crippen LogP contribution in [0.5, 0.6) is 0 Å². The van der Waals surface area contributed by atoms with Crippen LogP contribution < -0.4 is 26.2 Å². The van der Waals surface area contributed by atoms with E-state index in [0.717, 1.165) is 5.69 Å². The molecule has 0 saturated carbocycles. The molecule has 0 unspecified atom stereocenters. The van der Waals surface area contributed by atoms with Crippen LogP contribution in [0.15, 0.2) is 194 Å². The van der Waals surface area contributed by atoms with Crippen molar-refractivity contribution >= 4 is 57.2 Å². The second-order valence-corrected chi connectivity index (χ2v) is 17.5. The first kappa shape index (κ1) is 34.5. The Morgan fingerprint density at radius 3 is 1.56 bits per heavy atom. The molecule has 2 nitrogen and oxygen atoms in total. The molecule has 0 saturated heterocycles. The molecule has 0 aromatic heterocycles. The Labute approximate surface area is 358 Å². The Morgan fingerprint density at radius 1 is 0.344 bits per heavy atom. The Balaban J connectivity index is 1.11. The van der Waals surface area contributed by atoms with Crippen LogP contribution >= 0.6 is 0 Å². The number of benzene rings is 9. The molecule has 9 aromatic rings. The van der Waals surface area contributed by atoms with E-state index in [1.165, 1.54) is 117 Å². The second-order valence-electron chi connectivity index (χ2n) is 17.5. The molecular weight excluding hydrogens is 735 g/mol. The highest BCUT2D eigenvalue weighted by Crippen LogP contribution is 2.63. The van der Waals surface area contributed by atoms with E-state index < -0.39 is 0 Å². The lowest BCUT2D eigenvalue weighted by atomic mass is 9.33. The van der Waals surface area contributed by atoms with Gasteiger partial charge in [-0.15, -0.1) is 0 Å². The van der Waals surface area contributed by atoms with E-state index >= 15 is 0 Å². The highest BCUT2D eigenvalue weighted by Gasteiger charge is 2.52. The first-order chi connectivity index (χ1) is 30.0. The van der Waals surface area contributed by atoms with Gasteiger partial charge in [-0.2, -0.15) is 0 Å². The third-order valence-electron chi connectivity index (χ3n) is 13.9. The first-order valence-corrected chi connectivity index (χ1v) is 21.5. The summed E-state index contributed by atoms with van der Waals surface area (Å²) in [5.74, 6) is 0. The Bertz CT molecular complexity index is 3260. The van der Waals surface area contributed by atoms with E-state index in [1.807, 2.05) is 0 Å². The predicted octanol–water partition coefficient (Wildman–Crippen LogP) is 12.7. The predicted molar refractivity (Wildman–Crippen MR) is 256 cm³/mol. The van der Waals surface area contributed by atoms with Crippen molar-refractivity contribution in [3.05, 3.63) is 233 Å². The summed E-state index contributed by atoms with van der Waals surface area (Å²) in [5, 5.41) is 0. The summed E-state index contributed by atoms with van der Waals surface area (Å²) >= 11 is 0. The zero-order valence-corrected chi connectivity index (χ0v) is 34.4. The number of hydrogen-bond acceptors (Lipinski definition) is 2. The number of para-hydroxylation sites is 1. The summed E-state index contributed by atoms with van der Waals surface area (Å²) in [6.07, 6.45) is 0. The number of hydrogen-bond donors (Lipinski definition) is 0. The molecule has 0 atom stereocenters. The van der Waals surface area contributed by atoms with E-state index in [-0.39, 0.29) is 12.1 Å². The van der Waals surface area contributed by atoms with E-state index in [4.69, 9.17) is 0 Å². The smallest absolute Gasteiger partial charge is 0.252 e. The highest BCUT2D eigenvalue weighted by molar-refractivity contribution is 7.00. The number of anilines is 6. The van der Waals surface area contributed by atoms with Crippen LogP contribution in [-0.4, -0.2) is 6.71 Å². The largest absolute Gasteiger partial charge is 0.311 e. The summed E-state index contributed by atoms with van der Waals surface area (Å²) < 4.78 is 0. The normalized spacial score (nSPS) is 14.2. The molecular formula is C58H41BN2. The average molecular weight is 777 g/mol. The molecule has 2 heterocycles. The van der Waals surface area contributed by atoms with Gasteiger partial charge in [0.1, 0.15) is 0 Å². The van der Waals surface area contributed by atoms with Gasteiger partial charge in [0.25, 0.3) is 6.71 Å². The van der Waals surface area contributed by atoms with Crippen LogP contribution in [0.25, 0.3) is 33.4 Å². The lowest BCUT2D eigenvalue weighted by Crippen LogP contribution is -2.61. The van der Waals surface area contributed by atoms with Crippen molar-refractivity contribution in [2.24, 2.45) is 0 Å². The van der Waals surface area contributed by atoms with Gasteiger partial charge >= 0.3 is 0 Å². The minimum atomic E-state index is -0.386. The van der Waals surface area contributed by atoms with Crippen LogP contribution in [0.3, 0.4) is 0 Å². The van der Waals surface area contributed by atoms with Crippen molar-refractivity contribution in [2.45, 2.75) is 26.2 Å². The molecule has 0 fully saturated rings. The fourth-order valence-electron chi connectivity index (χ4n) is 11.7. The van der Waals surface area contributed by atoms with Gasteiger partial charge < -0.3 is 9.80 Å².